The molecule has 1 rings (SSSR count). The zero-order valence-electron chi connectivity index (χ0n) is 8.80. The normalized spacial score (nSPS) is 14.0. The molecule has 0 fully saturated rings. The molecule has 0 aliphatic carbocycles. The van der Waals surface area contributed by atoms with E-state index in [2.05, 4.69) is 10.6 Å². The summed E-state index contributed by atoms with van der Waals surface area (Å²) in [7, 11) is 0. The summed E-state index contributed by atoms with van der Waals surface area (Å²) in [5, 5.41) is 12.7. The third-order valence-electron chi connectivity index (χ3n) is 1.92. The topological polar surface area (TPSA) is 116 Å². The van der Waals surface area contributed by atoms with E-state index in [-0.39, 0.29) is 13.1 Å². The first-order valence-corrected chi connectivity index (χ1v) is 4.77. The molecule has 0 saturated carbocycles. The summed E-state index contributed by atoms with van der Waals surface area (Å²) in [6, 6.07) is -0.667. The fraction of sp³-hybridized carbons (Fsp3) is 0.333. The van der Waals surface area contributed by atoms with Gasteiger partial charge in [-0.1, -0.05) is 0 Å². The molecule has 92 valence electrons. The van der Waals surface area contributed by atoms with Gasteiger partial charge in [0.1, 0.15) is 6.54 Å². The molecule has 8 nitrogen and oxygen atoms in total. The van der Waals surface area contributed by atoms with E-state index >= 15 is 0 Å². The lowest BCUT2D eigenvalue weighted by molar-refractivity contribution is -0.137. The van der Waals surface area contributed by atoms with E-state index in [0.717, 1.165) is 17.1 Å². The maximum atomic E-state index is 11.1. The van der Waals surface area contributed by atoms with Crippen LogP contribution in [0.5, 0.6) is 0 Å². The van der Waals surface area contributed by atoms with Gasteiger partial charge in [0.25, 0.3) is 11.8 Å². The van der Waals surface area contributed by atoms with Crippen molar-refractivity contribution >= 4 is 23.8 Å². The number of nitrogens with zero attached hydrogens (tertiary/aromatic N) is 1. The van der Waals surface area contributed by atoms with E-state index in [1.807, 2.05) is 0 Å². The molecule has 0 radical (unpaired) electrons. The minimum Gasteiger partial charge on any atom is -0.480 e. The van der Waals surface area contributed by atoms with Crippen LogP contribution in [0.4, 0.5) is 4.79 Å². The lowest BCUT2D eigenvalue weighted by Gasteiger charge is -2.13. The second-order valence-electron chi connectivity index (χ2n) is 3.16. The molecular formula is C9H11N3O5. The predicted molar refractivity (Wildman–Crippen MR) is 54.9 cm³/mol. The number of carboxylic acids is 1. The van der Waals surface area contributed by atoms with Crippen LogP contribution in [0.3, 0.4) is 0 Å². The van der Waals surface area contributed by atoms with Crippen LogP contribution >= 0.6 is 0 Å². The first kappa shape index (κ1) is 12.7. The van der Waals surface area contributed by atoms with Crippen molar-refractivity contribution in [2.24, 2.45) is 0 Å². The van der Waals surface area contributed by atoms with E-state index in [1.165, 1.54) is 0 Å². The SMILES string of the molecule is O=C(O)CNC(=O)NCCN1C(=O)C=CC1=O. The average Bonchev–Trinajstić information content (AvgIpc) is 2.57. The minimum atomic E-state index is -1.16. The molecule has 0 aromatic carbocycles. The number of carbonyl (C=O) groups excluding carboxylic acids is 3. The molecule has 8 heteroatoms. The van der Waals surface area contributed by atoms with Gasteiger partial charge in [-0.05, 0) is 0 Å². The molecule has 0 atom stereocenters. The third-order valence-corrected chi connectivity index (χ3v) is 1.92. The van der Waals surface area contributed by atoms with Gasteiger partial charge in [-0.15, -0.1) is 0 Å². The highest BCUT2D eigenvalue weighted by Crippen LogP contribution is 2.01. The maximum absolute atomic E-state index is 11.1. The fourth-order valence-electron chi connectivity index (χ4n) is 1.15. The van der Waals surface area contributed by atoms with Crippen LogP contribution in [0.2, 0.25) is 0 Å². The number of imide groups is 1. The van der Waals surface area contributed by atoms with E-state index < -0.39 is 30.4 Å². The molecule has 0 aromatic rings. The van der Waals surface area contributed by atoms with Crippen LogP contribution in [0, 0.1) is 0 Å². The molecule has 0 aromatic heterocycles. The number of amides is 4. The lowest BCUT2D eigenvalue weighted by Crippen LogP contribution is -2.43. The van der Waals surface area contributed by atoms with Crippen molar-refractivity contribution in [1.82, 2.24) is 15.5 Å². The van der Waals surface area contributed by atoms with Crippen LogP contribution in [0.15, 0.2) is 12.2 Å². The largest absolute Gasteiger partial charge is 0.480 e. The number of rotatable bonds is 5. The molecule has 1 aliphatic heterocycles. The Kier molecular flexibility index (Phi) is 4.21. The summed E-state index contributed by atoms with van der Waals surface area (Å²) < 4.78 is 0. The summed E-state index contributed by atoms with van der Waals surface area (Å²) in [6.45, 7) is -0.384. The van der Waals surface area contributed by atoms with Gasteiger partial charge in [0, 0.05) is 25.2 Å². The number of hydrogen-bond donors (Lipinski definition) is 3. The highest BCUT2D eigenvalue weighted by Gasteiger charge is 2.22. The van der Waals surface area contributed by atoms with Gasteiger partial charge < -0.3 is 15.7 Å². The number of urea groups is 1. The van der Waals surface area contributed by atoms with Crippen molar-refractivity contribution in [1.29, 1.82) is 0 Å². The summed E-state index contributed by atoms with van der Waals surface area (Å²) >= 11 is 0. The van der Waals surface area contributed by atoms with E-state index in [1.54, 1.807) is 0 Å². The van der Waals surface area contributed by atoms with Gasteiger partial charge in [-0.2, -0.15) is 0 Å². The lowest BCUT2D eigenvalue weighted by atomic mass is 10.5. The van der Waals surface area contributed by atoms with E-state index in [0.29, 0.717) is 0 Å². The van der Waals surface area contributed by atoms with Gasteiger partial charge >= 0.3 is 12.0 Å². The van der Waals surface area contributed by atoms with Crippen LogP contribution in [0.25, 0.3) is 0 Å². The number of carboxylic acid groups (broad SMARTS) is 1. The number of aliphatic carboxylic acids is 1. The molecule has 1 heterocycles. The smallest absolute Gasteiger partial charge is 0.323 e. The first-order valence-electron chi connectivity index (χ1n) is 4.77. The molecule has 0 bridgehead atoms. The minimum absolute atomic E-state index is 0.0468. The van der Waals surface area contributed by atoms with Crippen molar-refractivity contribution < 1.29 is 24.3 Å². The molecule has 17 heavy (non-hydrogen) atoms. The van der Waals surface area contributed by atoms with Gasteiger partial charge in [0.2, 0.25) is 0 Å². The monoisotopic (exact) mass is 241 g/mol. The second-order valence-corrected chi connectivity index (χ2v) is 3.16. The molecule has 0 unspecified atom stereocenters. The first-order chi connectivity index (χ1) is 8.00. The van der Waals surface area contributed by atoms with E-state index in [9.17, 15) is 19.2 Å². The Morgan fingerprint density at radius 3 is 2.29 bits per heavy atom. The Morgan fingerprint density at radius 1 is 1.18 bits per heavy atom. The van der Waals surface area contributed by atoms with Gasteiger partial charge in [0.05, 0.1) is 0 Å². The highest BCUT2D eigenvalue weighted by molar-refractivity contribution is 6.12. The maximum Gasteiger partial charge on any atom is 0.323 e. The Morgan fingerprint density at radius 2 is 1.76 bits per heavy atom. The van der Waals surface area contributed by atoms with Crippen LogP contribution in [0.1, 0.15) is 0 Å². The van der Waals surface area contributed by atoms with Crippen LogP contribution < -0.4 is 10.6 Å². The Balaban J connectivity index is 2.20. The van der Waals surface area contributed by atoms with Gasteiger partial charge in [-0.25, -0.2) is 4.79 Å². The standard InChI is InChI=1S/C9H11N3O5/c13-6-1-2-7(14)12(6)4-3-10-9(17)11-5-8(15)16/h1-2H,3-5H2,(H,15,16)(H2,10,11,17). The molecule has 0 saturated heterocycles. The quantitative estimate of drug-likeness (QED) is 0.496. The van der Waals surface area contributed by atoms with Crippen molar-refractivity contribution in [3.05, 3.63) is 12.2 Å². The average molecular weight is 241 g/mol. The Bertz CT molecular complexity index is 372. The fourth-order valence-corrected chi connectivity index (χ4v) is 1.15. The molecule has 4 amide bonds. The predicted octanol–water partition coefficient (Wildman–Crippen LogP) is -1.70. The highest BCUT2D eigenvalue weighted by atomic mass is 16.4. The number of hydrogen-bond acceptors (Lipinski definition) is 4. The van der Waals surface area contributed by atoms with Gasteiger partial charge in [0.15, 0.2) is 0 Å². The Hall–Kier alpha value is -2.38. The van der Waals surface area contributed by atoms with Crippen molar-refractivity contribution in [3.8, 4) is 0 Å². The van der Waals surface area contributed by atoms with Crippen molar-refractivity contribution in [2.75, 3.05) is 19.6 Å². The zero-order valence-corrected chi connectivity index (χ0v) is 8.80. The molecule has 0 spiro atoms. The molecule has 1 aliphatic rings. The van der Waals surface area contributed by atoms with Gasteiger partial charge in [-0.3, -0.25) is 19.3 Å². The second kappa shape index (κ2) is 5.64. The van der Waals surface area contributed by atoms with Crippen LogP contribution in [-0.4, -0.2) is 53.5 Å². The van der Waals surface area contributed by atoms with E-state index in [4.69, 9.17) is 5.11 Å². The summed E-state index contributed by atoms with van der Waals surface area (Å²) in [4.78, 5) is 44.3. The zero-order chi connectivity index (χ0) is 12.8. The Labute approximate surface area is 96.3 Å². The summed E-state index contributed by atoms with van der Waals surface area (Å²) in [6.07, 6.45) is 2.29. The number of nitrogens with one attached hydrogen (secondary N) is 2. The number of carbonyl (C=O) groups is 4. The van der Waals surface area contributed by atoms with Crippen molar-refractivity contribution in [2.45, 2.75) is 0 Å². The summed E-state index contributed by atoms with van der Waals surface area (Å²) in [5.74, 6) is -2.01. The third kappa shape index (κ3) is 3.93. The van der Waals surface area contributed by atoms with Crippen molar-refractivity contribution in [3.63, 3.8) is 0 Å². The van der Waals surface area contributed by atoms with Crippen LogP contribution in [-0.2, 0) is 14.4 Å². The summed E-state index contributed by atoms with van der Waals surface area (Å²) in [5.41, 5.74) is 0. The molecule has 3 N–H and O–H groups in total. The molecular weight excluding hydrogens is 230 g/mol.